The molecule has 0 aliphatic heterocycles. The van der Waals surface area contributed by atoms with Crippen LogP contribution in [0.2, 0.25) is 0 Å². The van der Waals surface area contributed by atoms with Gasteiger partial charge in [0, 0.05) is 13.2 Å². The highest BCUT2D eigenvalue weighted by Crippen LogP contribution is 2.35. The third-order valence-corrected chi connectivity index (χ3v) is 5.62. The number of hydrogen-bond donors (Lipinski definition) is 1. The van der Waals surface area contributed by atoms with Crippen LogP contribution in [0, 0.1) is 0 Å². The van der Waals surface area contributed by atoms with Gasteiger partial charge in [-0.25, -0.2) is 8.42 Å². The van der Waals surface area contributed by atoms with E-state index in [0.717, 1.165) is 11.1 Å². The molecule has 1 aliphatic carbocycles. The minimum Gasteiger partial charge on any atom is -0.384 e. The van der Waals surface area contributed by atoms with Gasteiger partial charge in [-0.1, -0.05) is 24.3 Å². The first-order valence-electron chi connectivity index (χ1n) is 6.05. The second-order valence-corrected chi connectivity index (χ2v) is 6.91. The van der Waals surface area contributed by atoms with Crippen LogP contribution < -0.4 is 5.32 Å². The maximum atomic E-state index is 12.3. The van der Waals surface area contributed by atoms with Crippen molar-refractivity contribution in [2.75, 3.05) is 26.5 Å². The number of hydrogen-bond acceptors (Lipinski definition) is 4. The van der Waals surface area contributed by atoms with Gasteiger partial charge in [-0.2, -0.15) is 0 Å². The van der Waals surface area contributed by atoms with Crippen LogP contribution in [0.3, 0.4) is 0 Å². The molecule has 1 aliphatic rings. The SMILES string of the molecule is CNC1c2ccccc2CC1S(=O)(=O)CCOC. The van der Waals surface area contributed by atoms with E-state index >= 15 is 0 Å². The predicted octanol–water partition coefficient (Wildman–Crippen LogP) is 0.933. The van der Waals surface area contributed by atoms with Crippen LogP contribution in [0.4, 0.5) is 0 Å². The fraction of sp³-hybridized carbons (Fsp3) is 0.538. The molecule has 18 heavy (non-hydrogen) atoms. The lowest BCUT2D eigenvalue weighted by molar-refractivity contribution is 0.216. The highest BCUT2D eigenvalue weighted by molar-refractivity contribution is 7.92. The van der Waals surface area contributed by atoms with Crippen LogP contribution in [-0.4, -0.2) is 40.2 Å². The van der Waals surface area contributed by atoms with E-state index in [9.17, 15) is 8.42 Å². The van der Waals surface area contributed by atoms with Crippen LogP contribution in [0.5, 0.6) is 0 Å². The first kappa shape index (κ1) is 13.5. The van der Waals surface area contributed by atoms with Gasteiger partial charge in [-0.05, 0) is 24.6 Å². The first-order chi connectivity index (χ1) is 8.60. The van der Waals surface area contributed by atoms with Gasteiger partial charge in [-0.15, -0.1) is 0 Å². The van der Waals surface area contributed by atoms with Crippen LogP contribution in [-0.2, 0) is 21.0 Å². The van der Waals surface area contributed by atoms with E-state index < -0.39 is 9.84 Å². The summed E-state index contributed by atoms with van der Waals surface area (Å²) < 4.78 is 29.5. The molecule has 4 nitrogen and oxygen atoms in total. The number of rotatable bonds is 5. The van der Waals surface area contributed by atoms with Gasteiger partial charge >= 0.3 is 0 Å². The quantitative estimate of drug-likeness (QED) is 0.864. The average Bonchev–Trinajstić information content (AvgIpc) is 2.75. The number of benzene rings is 1. The van der Waals surface area contributed by atoms with Gasteiger partial charge < -0.3 is 10.1 Å². The maximum absolute atomic E-state index is 12.3. The summed E-state index contributed by atoms with van der Waals surface area (Å²) in [5, 5.41) is 2.75. The van der Waals surface area contributed by atoms with Crippen molar-refractivity contribution >= 4 is 9.84 Å². The van der Waals surface area contributed by atoms with Crippen molar-refractivity contribution in [2.45, 2.75) is 17.7 Å². The van der Waals surface area contributed by atoms with Crippen molar-refractivity contribution in [1.29, 1.82) is 0 Å². The Bertz CT molecular complexity index is 513. The number of nitrogens with one attached hydrogen (secondary N) is 1. The molecule has 0 bridgehead atoms. The largest absolute Gasteiger partial charge is 0.384 e. The molecule has 1 aromatic carbocycles. The van der Waals surface area contributed by atoms with Gasteiger partial charge in [-0.3, -0.25) is 0 Å². The molecule has 2 unspecified atom stereocenters. The van der Waals surface area contributed by atoms with Crippen molar-refractivity contribution < 1.29 is 13.2 Å². The van der Waals surface area contributed by atoms with E-state index in [2.05, 4.69) is 5.32 Å². The molecule has 0 heterocycles. The lowest BCUT2D eigenvalue weighted by Gasteiger charge is -2.20. The average molecular weight is 269 g/mol. The molecule has 0 spiro atoms. The summed E-state index contributed by atoms with van der Waals surface area (Å²) in [6, 6.07) is 7.81. The Hall–Kier alpha value is -0.910. The topological polar surface area (TPSA) is 55.4 Å². The van der Waals surface area contributed by atoms with Crippen LogP contribution >= 0.6 is 0 Å². The highest BCUT2D eigenvalue weighted by Gasteiger charge is 2.39. The molecule has 2 atom stereocenters. The van der Waals surface area contributed by atoms with E-state index in [0.29, 0.717) is 6.42 Å². The Labute approximate surface area is 108 Å². The zero-order valence-corrected chi connectivity index (χ0v) is 11.5. The molecule has 5 heteroatoms. The van der Waals surface area contributed by atoms with E-state index in [1.807, 2.05) is 31.3 Å². The Balaban J connectivity index is 2.27. The zero-order chi connectivity index (χ0) is 13.2. The van der Waals surface area contributed by atoms with Gasteiger partial charge in [0.05, 0.1) is 17.6 Å². The summed E-state index contributed by atoms with van der Waals surface area (Å²) in [6.45, 7) is 0.256. The molecule has 0 radical (unpaired) electrons. The fourth-order valence-corrected chi connectivity index (χ4v) is 4.42. The standard InChI is InChI=1S/C13H19NO3S/c1-14-13-11-6-4-3-5-10(11)9-12(13)18(15,16)8-7-17-2/h3-6,12-14H,7-9H2,1-2H3. The summed E-state index contributed by atoms with van der Waals surface area (Å²) in [5.74, 6) is 0.0837. The molecule has 0 saturated heterocycles. The second-order valence-electron chi connectivity index (χ2n) is 4.57. The molecule has 100 valence electrons. The van der Waals surface area contributed by atoms with Gasteiger partial charge in [0.15, 0.2) is 9.84 Å². The van der Waals surface area contributed by atoms with Crippen molar-refractivity contribution in [3.05, 3.63) is 35.4 Å². The van der Waals surface area contributed by atoms with Crippen molar-refractivity contribution in [3.8, 4) is 0 Å². The molecule has 0 amide bonds. The molecule has 0 aromatic heterocycles. The van der Waals surface area contributed by atoms with E-state index in [-0.39, 0.29) is 23.7 Å². The number of ether oxygens (including phenoxy) is 1. The predicted molar refractivity (Wildman–Crippen MR) is 71.4 cm³/mol. The van der Waals surface area contributed by atoms with Crippen LogP contribution in [0.15, 0.2) is 24.3 Å². The number of sulfone groups is 1. The molecule has 2 rings (SSSR count). The van der Waals surface area contributed by atoms with Gasteiger partial charge in [0.1, 0.15) is 0 Å². The third-order valence-electron chi connectivity index (χ3n) is 3.53. The monoisotopic (exact) mass is 269 g/mol. The summed E-state index contributed by atoms with van der Waals surface area (Å²) in [6.07, 6.45) is 0.591. The molecular weight excluding hydrogens is 250 g/mol. The summed E-state index contributed by atoms with van der Waals surface area (Å²) in [5.41, 5.74) is 2.23. The Kier molecular flexibility index (Phi) is 4.04. The lowest BCUT2D eigenvalue weighted by Crippen LogP contribution is -2.35. The normalized spacial score (nSPS) is 23.0. The molecule has 0 fully saturated rings. The van der Waals surface area contributed by atoms with E-state index in [4.69, 9.17) is 4.74 Å². The summed E-state index contributed by atoms with van der Waals surface area (Å²) >= 11 is 0. The molecule has 1 aromatic rings. The third kappa shape index (κ3) is 2.43. The summed E-state index contributed by atoms with van der Waals surface area (Å²) in [4.78, 5) is 0. The minimum atomic E-state index is -3.14. The minimum absolute atomic E-state index is 0.0837. The Morgan fingerprint density at radius 2 is 2.11 bits per heavy atom. The van der Waals surface area contributed by atoms with Crippen molar-refractivity contribution in [2.24, 2.45) is 0 Å². The smallest absolute Gasteiger partial charge is 0.157 e. The van der Waals surface area contributed by atoms with Crippen molar-refractivity contribution in [1.82, 2.24) is 5.32 Å². The Morgan fingerprint density at radius 3 is 2.78 bits per heavy atom. The zero-order valence-electron chi connectivity index (χ0n) is 10.7. The van der Waals surface area contributed by atoms with Crippen LogP contribution in [0.1, 0.15) is 17.2 Å². The molecule has 0 saturated carbocycles. The van der Waals surface area contributed by atoms with E-state index in [1.165, 1.54) is 7.11 Å². The highest BCUT2D eigenvalue weighted by atomic mass is 32.2. The second kappa shape index (κ2) is 5.38. The number of methoxy groups -OCH3 is 1. The van der Waals surface area contributed by atoms with Gasteiger partial charge in [0.25, 0.3) is 0 Å². The Morgan fingerprint density at radius 1 is 1.39 bits per heavy atom. The molecular formula is C13H19NO3S. The summed E-state index contributed by atoms with van der Waals surface area (Å²) in [7, 11) is 0.195. The molecule has 1 N–H and O–H groups in total. The fourth-order valence-electron chi connectivity index (χ4n) is 2.58. The van der Waals surface area contributed by atoms with E-state index in [1.54, 1.807) is 0 Å². The van der Waals surface area contributed by atoms with Crippen molar-refractivity contribution in [3.63, 3.8) is 0 Å². The lowest BCUT2D eigenvalue weighted by atomic mass is 10.1. The number of fused-ring (bicyclic) bond motifs is 1. The van der Waals surface area contributed by atoms with Gasteiger partial charge in [0.2, 0.25) is 0 Å². The maximum Gasteiger partial charge on any atom is 0.157 e. The van der Waals surface area contributed by atoms with Crippen LogP contribution in [0.25, 0.3) is 0 Å². The first-order valence-corrected chi connectivity index (χ1v) is 7.77.